The molecule has 9 heteroatoms. The van der Waals surface area contributed by atoms with Crippen LogP contribution in [0.4, 0.5) is 10.8 Å². The molecule has 0 aliphatic rings. The zero-order valence-electron chi connectivity index (χ0n) is 11.8. The number of nitrogens with two attached hydrogens (primary N) is 3. The highest BCUT2D eigenvalue weighted by Gasteiger charge is 2.12. The monoisotopic (exact) mass is 317 g/mol. The summed E-state index contributed by atoms with van der Waals surface area (Å²) >= 11 is 1.34. The van der Waals surface area contributed by atoms with Crippen molar-refractivity contribution in [3.05, 3.63) is 40.9 Å². The number of carbonyl (C=O) groups is 1. The van der Waals surface area contributed by atoms with Crippen LogP contribution in [0.2, 0.25) is 0 Å². The summed E-state index contributed by atoms with van der Waals surface area (Å²) in [6.45, 7) is 1.76. The van der Waals surface area contributed by atoms with Crippen molar-refractivity contribution >= 4 is 40.0 Å². The molecule has 0 aliphatic carbocycles. The molecular formula is C13H15N7OS. The van der Waals surface area contributed by atoms with Gasteiger partial charge < -0.3 is 17.2 Å². The van der Waals surface area contributed by atoms with Crippen LogP contribution in [0, 0.1) is 6.92 Å². The number of carbonyl (C=O) groups excluding carboxylic acids is 1. The summed E-state index contributed by atoms with van der Waals surface area (Å²) in [6, 6.07) is 5.10. The van der Waals surface area contributed by atoms with Gasteiger partial charge in [-0.1, -0.05) is 6.07 Å². The molecule has 1 heterocycles. The molecule has 22 heavy (non-hydrogen) atoms. The Morgan fingerprint density at radius 3 is 2.73 bits per heavy atom. The molecule has 0 saturated carbocycles. The van der Waals surface area contributed by atoms with Gasteiger partial charge in [-0.3, -0.25) is 10.1 Å². The number of thiazole rings is 1. The van der Waals surface area contributed by atoms with Gasteiger partial charge >= 0.3 is 0 Å². The van der Waals surface area contributed by atoms with Gasteiger partial charge in [0, 0.05) is 17.1 Å². The van der Waals surface area contributed by atoms with Gasteiger partial charge in [0.2, 0.25) is 5.96 Å². The topological polar surface area (TPSA) is 145 Å². The first-order valence-corrected chi connectivity index (χ1v) is 7.09. The molecule has 0 saturated heterocycles. The Kier molecular flexibility index (Phi) is 4.69. The minimum Gasteiger partial charge on any atom is -0.370 e. The van der Waals surface area contributed by atoms with Crippen LogP contribution in [0.5, 0.6) is 0 Å². The molecule has 0 unspecified atom stereocenters. The third-order valence-electron chi connectivity index (χ3n) is 2.68. The van der Waals surface area contributed by atoms with Crippen LogP contribution in [0.25, 0.3) is 0 Å². The molecule has 0 spiro atoms. The normalized spacial score (nSPS) is 11.0. The van der Waals surface area contributed by atoms with Gasteiger partial charge in [-0.15, -0.1) is 11.3 Å². The zero-order valence-corrected chi connectivity index (χ0v) is 12.6. The third kappa shape index (κ3) is 3.79. The summed E-state index contributed by atoms with van der Waals surface area (Å²) in [5.74, 6) is -0.540. The van der Waals surface area contributed by atoms with Crippen molar-refractivity contribution in [1.29, 1.82) is 0 Å². The fourth-order valence-electron chi connectivity index (χ4n) is 1.72. The Morgan fingerprint density at radius 2 is 2.09 bits per heavy atom. The first-order valence-electron chi connectivity index (χ1n) is 6.21. The third-order valence-corrected chi connectivity index (χ3v) is 3.37. The van der Waals surface area contributed by atoms with E-state index in [1.165, 1.54) is 11.3 Å². The number of benzene rings is 1. The Hall–Kier alpha value is -2.94. The van der Waals surface area contributed by atoms with E-state index in [1.54, 1.807) is 36.7 Å². The minimum atomic E-state index is -0.273. The molecular weight excluding hydrogens is 302 g/mol. The first-order chi connectivity index (χ1) is 10.5. The maximum atomic E-state index is 12.3. The van der Waals surface area contributed by atoms with E-state index in [4.69, 9.17) is 17.2 Å². The zero-order chi connectivity index (χ0) is 16.1. The Morgan fingerprint density at radius 1 is 1.32 bits per heavy atom. The number of aromatic nitrogens is 1. The SMILES string of the molecule is Cc1c(N=C(N)N=C(N)N)cccc1C(=O)Nc1nccs1. The number of amides is 1. The number of aliphatic imine (C=N–C) groups is 2. The highest BCUT2D eigenvalue weighted by atomic mass is 32.1. The molecule has 1 aromatic carbocycles. The number of anilines is 1. The maximum Gasteiger partial charge on any atom is 0.257 e. The number of nitrogens with zero attached hydrogens (tertiary/aromatic N) is 3. The van der Waals surface area contributed by atoms with Crippen molar-refractivity contribution in [3.8, 4) is 0 Å². The highest BCUT2D eigenvalue weighted by Crippen LogP contribution is 2.23. The predicted octanol–water partition coefficient (Wildman–Crippen LogP) is 0.923. The van der Waals surface area contributed by atoms with Gasteiger partial charge in [0.05, 0.1) is 5.69 Å². The van der Waals surface area contributed by atoms with E-state index in [9.17, 15) is 4.79 Å². The molecule has 0 fully saturated rings. The van der Waals surface area contributed by atoms with Crippen LogP contribution in [-0.2, 0) is 0 Å². The van der Waals surface area contributed by atoms with E-state index in [1.807, 2.05) is 0 Å². The van der Waals surface area contributed by atoms with E-state index < -0.39 is 0 Å². The largest absolute Gasteiger partial charge is 0.370 e. The highest BCUT2D eigenvalue weighted by molar-refractivity contribution is 7.13. The van der Waals surface area contributed by atoms with E-state index in [2.05, 4.69) is 20.3 Å². The van der Waals surface area contributed by atoms with Crippen molar-refractivity contribution in [2.75, 3.05) is 5.32 Å². The number of nitrogens with one attached hydrogen (secondary N) is 1. The van der Waals surface area contributed by atoms with Crippen molar-refractivity contribution in [2.45, 2.75) is 6.92 Å². The van der Waals surface area contributed by atoms with E-state index in [-0.39, 0.29) is 17.8 Å². The summed E-state index contributed by atoms with van der Waals surface area (Å²) in [5, 5.41) is 5.02. The van der Waals surface area contributed by atoms with E-state index in [0.717, 1.165) is 0 Å². The van der Waals surface area contributed by atoms with Crippen molar-refractivity contribution in [2.24, 2.45) is 27.2 Å². The lowest BCUT2D eigenvalue weighted by Crippen LogP contribution is -2.26. The van der Waals surface area contributed by atoms with Gasteiger partial charge in [0.15, 0.2) is 11.1 Å². The van der Waals surface area contributed by atoms with Crippen LogP contribution < -0.4 is 22.5 Å². The summed E-state index contributed by atoms with van der Waals surface area (Å²) < 4.78 is 0. The molecule has 0 radical (unpaired) electrons. The van der Waals surface area contributed by atoms with Gasteiger partial charge in [0.1, 0.15) is 0 Å². The van der Waals surface area contributed by atoms with Crippen LogP contribution in [-0.4, -0.2) is 22.8 Å². The molecule has 1 amide bonds. The standard InChI is InChI=1S/C13H15N7OS/c1-7-8(10(21)19-13-17-5-6-22-13)3-2-4-9(7)18-12(16)20-11(14)15/h2-6H,1H3,(H,17,19,21)(H6,14,15,16,18,20). The average molecular weight is 317 g/mol. The van der Waals surface area contributed by atoms with Gasteiger partial charge in [-0.2, -0.15) is 4.99 Å². The minimum absolute atomic E-state index is 0.0828. The summed E-state index contributed by atoms with van der Waals surface area (Å²) in [6.07, 6.45) is 1.61. The Bertz CT molecular complexity index is 733. The molecule has 0 atom stereocenters. The number of guanidine groups is 2. The fraction of sp³-hybridized carbons (Fsp3) is 0.0769. The van der Waals surface area contributed by atoms with E-state index in [0.29, 0.717) is 21.9 Å². The van der Waals surface area contributed by atoms with Crippen molar-refractivity contribution in [3.63, 3.8) is 0 Å². The Balaban J connectivity index is 2.29. The van der Waals surface area contributed by atoms with Crippen LogP contribution in [0.1, 0.15) is 15.9 Å². The molecule has 8 nitrogen and oxygen atoms in total. The second-order valence-corrected chi connectivity index (χ2v) is 5.14. The van der Waals surface area contributed by atoms with Crippen LogP contribution >= 0.6 is 11.3 Å². The predicted molar refractivity (Wildman–Crippen MR) is 88.3 cm³/mol. The second kappa shape index (κ2) is 6.68. The quantitative estimate of drug-likeness (QED) is 0.491. The fourth-order valence-corrected chi connectivity index (χ4v) is 2.24. The molecule has 1 aromatic heterocycles. The Labute approximate surface area is 130 Å². The smallest absolute Gasteiger partial charge is 0.257 e. The van der Waals surface area contributed by atoms with Gasteiger partial charge in [-0.05, 0) is 24.6 Å². The summed E-state index contributed by atoms with van der Waals surface area (Å²) in [7, 11) is 0. The number of rotatable bonds is 3. The van der Waals surface area contributed by atoms with Gasteiger partial charge in [0.25, 0.3) is 5.91 Å². The molecule has 0 aliphatic heterocycles. The van der Waals surface area contributed by atoms with Crippen molar-refractivity contribution in [1.82, 2.24) is 4.98 Å². The lowest BCUT2D eigenvalue weighted by atomic mass is 10.1. The van der Waals surface area contributed by atoms with Gasteiger partial charge in [-0.25, -0.2) is 9.98 Å². The maximum absolute atomic E-state index is 12.3. The lowest BCUT2D eigenvalue weighted by Gasteiger charge is -2.08. The summed E-state index contributed by atoms with van der Waals surface area (Å²) in [5.41, 5.74) is 17.7. The summed E-state index contributed by atoms with van der Waals surface area (Å²) in [4.78, 5) is 24.0. The molecule has 0 bridgehead atoms. The van der Waals surface area contributed by atoms with Crippen LogP contribution in [0.15, 0.2) is 39.8 Å². The number of hydrogen-bond acceptors (Lipinski definition) is 4. The van der Waals surface area contributed by atoms with Crippen LogP contribution in [0.3, 0.4) is 0 Å². The molecule has 114 valence electrons. The second-order valence-electron chi connectivity index (χ2n) is 4.25. The van der Waals surface area contributed by atoms with E-state index >= 15 is 0 Å². The molecule has 2 aromatic rings. The number of hydrogen-bond donors (Lipinski definition) is 4. The molecule has 7 N–H and O–H groups in total. The lowest BCUT2D eigenvalue weighted by molar-refractivity contribution is 0.102. The average Bonchev–Trinajstić information content (AvgIpc) is 2.93. The molecule has 2 rings (SSSR count). The van der Waals surface area contributed by atoms with Crippen molar-refractivity contribution < 1.29 is 4.79 Å². The first kappa shape index (κ1) is 15.4.